The number of hydrogen-bond donors (Lipinski definition) is 1. The molecule has 5 heteroatoms. The monoisotopic (exact) mass is 371 g/mol. The van der Waals surface area contributed by atoms with Crippen molar-refractivity contribution >= 4 is 11.4 Å². The topological polar surface area (TPSA) is 54.3 Å². The van der Waals surface area contributed by atoms with E-state index in [2.05, 4.69) is 18.9 Å². The van der Waals surface area contributed by atoms with Crippen LogP contribution in [-0.4, -0.2) is 24.1 Å². The Bertz CT molecular complexity index is 607. The lowest BCUT2D eigenvalue weighted by Crippen LogP contribution is -2.14. The van der Waals surface area contributed by atoms with Gasteiger partial charge in [0.05, 0.1) is 18.0 Å². The van der Waals surface area contributed by atoms with Gasteiger partial charge in [0.2, 0.25) is 0 Å². The van der Waals surface area contributed by atoms with Gasteiger partial charge in [-0.2, -0.15) is 0 Å². The number of allylic oxidation sites excluding steroid dienone is 2. The Balaban J connectivity index is 1.80. The van der Waals surface area contributed by atoms with Gasteiger partial charge in [0, 0.05) is 6.61 Å². The van der Waals surface area contributed by atoms with Crippen LogP contribution in [0.1, 0.15) is 52.4 Å². The van der Waals surface area contributed by atoms with Crippen LogP contribution in [-0.2, 0) is 4.74 Å². The summed E-state index contributed by atoms with van der Waals surface area (Å²) in [5.74, 6) is 0.799. The van der Waals surface area contributed by atoms with Crippen LogP contribution in [0.25, 0.3) is 0 Å². The Morgan fingerprint density at radius 1 is 0.815 bits per heavy atom. The Hall–Kier alpha value is -2.11. The second-order valence-electron chi connectivity index (χ2n) is 6.49. The third-order valence-electron chi connectivity index (χ3n) is 4.15. The molecule has 0 fully saturated rings. The molecule has 0 unspecified atom stereocenters. The molecule has 5 nitrogen and oxygen atoms in total. The highest BCUT2D eigenvalue weighted by Crippen LogP contribution is 2.20. The lowest BCUT2D eigenvalue weighted by Gasteiger charge is -2.15. The summed E-state index contributed by atoms with van der Waals surface area (Å²) in [5.41, 5.74) is 1.23. The Morgan fingerprint density at radius 3 is 2.00 bits per heavy atom. The van der Waals surface area contributed by atoms with E-state index in [1.54, 1.807) is 12.1 Å². The summed E-state index contributed by atoms with van der Waals surface area (Å²) in [6.07, 6.45) is 15.0. The summed E-state index contributed by atoms with van der Waals surface area (Å²) in [4.78, 5) is 0. The van der Waals surface area contributed by atoms with Gasteiger partial charge in [0.25, 0.3) is 0 Å². The zero-order chi connectivity index (χ0) is 19.3. The lowest BCUT2D eigenvalue weighted by atomic mass is 10.1. The van der Waals surface area contributed by atoms with E-state index in [0.29, 0.717) is 18.0 Å². The molecule has 1 radical (unpaired) electrons. The number of hydrazone groups is 1. The van der Waals surface area contributed by atoms with E-state index in [-0.39, 0.29) is 0 Å². The molecule has 0 spiro atoms. The molecule has 0 saturated heterocycles. The number of anilines is 1. The number of benzene rings is 1. The van der Waals surface area contributed by atoms with Crippen LogP contribution < -0.4 is 9.91 Å². The summed E-state index contributed by atoms with van der Waals surface area (Å²) in [7, 11) is 0. The van der Waals surface area contributed by atoms with E-state index in [0.717, 1.165) is 36.5 Å². The molecule has 0 saturated carbocycles. The van der Waals surface area contributed by atoms with Crippen molar-refractivity contribution in [2.45, 2.75) is 52.4 Å². The largest absolute Gasteiger partial charge is 0.494 e. The molecule has 1 N–H and O–H groups in total. The maximum Gasteiger partial charge on any atom is 0.141 e. The quantitative estimate of drug-likeness (QED) is 0.380. The average molecular weight is 372 g/mol. The van der Waals surface area contributed by atoms with Crippen molar-refractivity contribution in [3.8, 4) is 5.75 Å². The highest BCUT2D eigenvalue weighted by atomic mass is 16.5. The van der Waals surface area contributed by atoms with E-state index in [1.807, 2.05) is 36.4 Å². The minimum Gasteiger partial charge on any atom is -0.494 e. The number of ether oxygens (including phenoxy) is 2. The first kappa shape index (κ1) is 21.2. The van der Waals surface area contributed by atoms with Gasteiger partial charge >= 0.3 is 0 Å². The molecule has 1 aromatic carbocycles. The van der Waals surface area contributed by atoms with Crippen molar-refractivity contribution in [3.05, 3.63) is 54.7 Å². The minimum absolute atomic E-state index is 0.579. The third kappa shape index (κ3) is 7.97. The summed E-state index contributed by atoms with van der Waals surface area (Å²) in [6.45, 7) is 5.78. The maximum absolute atomic E-state index is 10.2. The molecule has 147 valence electrons. The maximum atomic E-state index is 10.2. The van der Waals surface area contributed by atoms with Crippen molar-refractivity contribution in [2.24, 2.45) is 5.10 Å². The molecule has 0 heterocycles. The molecular weight excluding hydrogens is 340 g/mol. The Morgan fingerprint density at radius 2 is 1.41 bits per heavy atom. The van der Waals surface area contributed by atoms with Crippen molar-refractivity contribution in [1.29, 1.82) is 0 Å². The van der Waals surface area contributed by atoms with Crippen molar-refractivity contribution in [3.63, 3.8) is 0 Å². The smallest absolute Gasteiger partial charge is 0.141 e. The molecular formula is C22H31N2O3. The summed E-state index contributed by atoms with van der Waals surface area (Å²) in [5, 5.41) is 15.2. The van der Waals surface area contributed by atoms with Gasteiger partial charge in [-0.05, 0) is 61.4 Å². The fourth-order valence-corrected chi connectivity index (χ4v) is 2.54. The molecule has 0 aromatic heterocycles. The number of rotatable bonds is 12. The molecule has 0 amide bonds. The first-order chi connectivity index (χ1) is 13.2. The van der Waals surface area contributed by atoms with Crippen LogP contribution in [0, 0.1) is 6.10 Å². The number of hydrogen-bond acceptors (Lipinski definition) is 5. The zero-order valence-electron chi connectivity index (χ0n) is 16.4. The SMILES string of the molecule is CCCCCO[C]1C=CC(=NN(O)c2ccc(OCCCCC)cc2)C=C1. The first-order valence-electron chi connectivity index (χ1n) is 9.89. The fraction of sp³-hybridized carbons (Fsp3) is 0.455. The van der Waals surface area contributed by atoms with Crippen LogP contribution in [0.2, 0.25) is 0 Å². The standard InChI is InChI=1S/C22H31N2O3/c1-3-5-7-17-26-21-13-9-19(10-14-21)23-24(25)20-11-15-22(16-12-20)27-18-8-6-4-2/h9-16,25H,3-8,17-18H2,1-2H3. The van der Waals surface area contributed by atoms with Gasteiger partial charge in [-0.25, -0.2) is 0 Å². The molecule has 1 aromatic rings. The predicted molar refractivity (Wildman–Crippen MR) is 110 cm³/mol. The number of unbranched alkanes of at least 4 members (excludes halogenated alkanes) is 4. The fourth-order valence-electron chi connectivity index (χ4n) is 2.54. The lowest BCUT2D eigenvalue weighted by molar-refractivity contribution is 0.178. The van der Waals surface area contributed by atoms with Crippen molar-refractivity contribution in [2.75, 3.05) is 18.4 Å². The molecule has 0 aliphatic heterocycles. The summed E-state index contributed by atoms with van der Waals surface area (Å²) < 4.78 is 11.4. The van der Waals surface area contributed by atoms with Crippen LogP contribution in [0.5, 0.6) is 5.75 Å². The van der Waals surface area contributed by atoms with Gasteiger partial charge in [0.1, 0.15) is 11.9 Å². The van der Waals surface area contributed by atoms with Gasteiger partial charge in [0.15, 0.2) is 0 Å². The van der Waals surface area contributed by atoms with Gasteiger partial charge in [-0.3, -0.25) is 5.21 Å². The zero-order valence-corrected chi connectivity index (χ0v) is 16.4. The van der Waals surface area contributed by atoms with E-state index in [9.17, 15) is 5.21 Å². The summed E-state index contributed by atoms with van der Waals surface area (Å²) >= 11 is 0. The van der Waals surface area contributed by atoms with Crippen molar-refractivity contribution < 1.29 is 14.7 Å². The Labute approximate surface area is 162 Å². The van der Waals surface area contributed by atoms with Crippen LogP contribution >= 0.6 is 0 Å². The normalized spacial score (nSPS) is 13.8. The van der Waals surface area contributed by atoms with E-state index in [1.165, 1.54) is 25.7 Å². The Kier molecular flexibility index (Phi) is 9.66. The van der Waals surface area contributed by atoms with Crippen molar-refractivity contribution in [1.82, 2.24) is 0 Å². The predicted octanol–water partition coefficient (Wildman–Crippen LogP) is 5.67. The molecule has 1 aliphatic rings. The second kappa shape index (κ2) is 12.3. The molecule has 0 bridgehead atoms. The van der Waals surface area contributed by atoms with E-state index < -0.39 is 0 Å². The first-order valence-corrected chi connectivity index (χ1v) is 9.89. The molecule has 1 aliphatic carbocycles. The molecule has 27 heavy (non-hydrogen) atoms. The highest BCUT2D eigenvalue weighted by Gasteiger charge is 2.09. The third-order valence-corrected chi connectivity index (χ3v) is 4.15. The van der Waals surface area contributed by atoms with Crippen LogP contribution in [0.3, 0.4) is 0 Å². The minimum atomic E-state index is 0.579. The van der Waals surface area contributed by atoms with E-state index >= 15 is 0 Å². The molecule has 2 rings (SSSR count). The van der Waals surface area contributed by atoms with Crippen LogP contribution in [0.4, 0.5) is 5.69 Å². The van der Waals surface area contributed by atoms with Gasteiger partial charge in [-0.1, -0.05) is 39.5 Å². The van der Waals surface area contributed by atoms with Crippen LogP contribution in [0.15, 0.2) is 53.7 Å². The average Bonchev–Trinajstić information content (AvgIpc) is 2.70. The van der Waals surface area contributed by atoms with Gasteiger partial charge in [-0.15, -0.1) is 10.3 Å². The number of nitrogens with zero attached hydrogens (tertiary/aromatic N) is 2. The van der Waals surface area contributed by atoms with E-state index in [4.69, 9.17) is 9.47 Å². The van der Waals surface area contributed by atoms with Gasteiger partial charge < -0.3 is 9.47 Å². The highest BCUT2D eigenvalue weighted by molar-refractivity contribution is 6.05. The summed E-state index contributed by atoms with van der Waals surface area (Å²) in [6, 6.07) is 7.24. The second-order valence-corrected chi connectivity index (χ2v) is 6.49. The molecule has 0 atom stereocenters.